The molecule has 11 nitrogen and oxygen atoms in total. The Balaban J connectivity index is 0.669. The van der Waals surface area contributed by atoms with E-state index in [4.69, 9.17) is 9.47 Å². The summed E-state index contributed by atoms with van der Waals surface area (Å²) in [5.74, 6) is 1.06. The number of rotatable bonds is 10. The first kappa shape index (κ1) is 39.5. The number of piperazine rings is 1. The van der Waals surface area contributed by atoms with Gasteiger partial charge in [0.15, 0.2) is 5.75 Å². The highest BCUT2D eigenvalue weighted by molar-refractivity contribution is 7.22. The smallest absolute Gasteiger partial charge is 0.416 e. The number of fused-ring (bicyclic) bond motifs is 2. The molecule has 4 fully saturated rings. The van der Waals surface area contributed by atoms with Crippen LogP contribution in [0.5, 0.6) is 23.0 Å². The molecule has 3 amide bonds. The number of halogens is 3. The van der Waals surface area contributed by atoms with Crippen LogP contribution in [0.2, 0.25) is 0 Å². The predicted octanol–water partition coefficient (Wildman–Crippen LogP) is 7.51. The third-order valence-corrected chi connectivity index (χ3v) is 14.2. The van der Waals surface area contributed by atoms with Crippen molar-refractivity contribution in [2.45, 2.75) is 50.5 Å². The second-order valence-corrected chi connectivity index (χ2v) is 18.0. The number of imide groups is 1. The number of phenols is 1. The lowest BCUT2D eigenvalue weighted by Gasteiger charge is -2.62. The van der Waals surface area contributed by atoms with Crippen LogP contribution in [0.3, 0.4) is 0 Å². The maximum Gasteiger partial charge on any atom is 0.416 e. The van der Waals surface area contributed by atoms with E-state index in [0.717, 1.165) is 85.0 Å². The summed E-state index contributed by atoms with van der Waals surface area (Å²) < 4.78 is 52.9. The Hall–Kier alpha value is -5.64. The molecule has 1 unspecified atom stereocenters. The first-order valence-electron chi connectivity index (χ1n) is 20.7. The number of aromatic hydroxyl groups is 1. The Bertz CT molecular complexity index is 2510. The van der Waals surface area contributed by atoms with Crippen molar-refractivity contribution in [2.75, 3.05) is 57.3 Å². The molecule has 1 aliphatic carbocycles. The number of anilines is 1. The lowest BCUT2D eigenvalue weighted by molar-refractivity contribution is -0.138. The second-order valence-electron chi connectivity index (χ2n) is 17.0. The summed E-state index contributed by atoms with van der Waals surface area (Å²) >= 11 is 1.34. The summed E-state index contributed by atoms with van der Waals surface area (Å²) in [5.41, 5.74) is 2.93. The van der Waals surface area contributed by atoms with E-state index >= 15 is 0 Å². The van der Waals surface area contributed by atoms with E-state index in [-0.39, 0.29) is 24.0 Å². The zero-order valence-corrected chi connectivity index (χ0v) is 34.1. The van der Waals surface area contributed by atoms with Crippen LogP contribution in [0.1, 0.15) is 47.2 Å². The molecule has 5 aromatic rings. The molecule has 1 atom stereocenters. The van der Waals surface area contributed by atoms with Crippen LogP contribution < -0.4 is 19.7 Å². The Kier molecular flexibility index (Phi) is 9.95. The minimum Gasteiger partial charge on any atom is -0.508 e. The van der Waals surface area contributed by atoms with Crippen LogP contribution in [-0.2, 0) is 22.3 Å². The number of thiophene rings is 1. The molecule has 1 spiro atoms. The van der Waals surface area contributed by atoms with Gasteiger partial charge in [-0.25, -0.2) is 0 Å². The number of carbonyl (C=O) groups is 3. The van der Waals surface area contributed by atoms with Crippen LogP contribution in [0.4, 0.5) is 18.9 Å². The lowest BCUT2D eigenvalue weighted by atomic mass is 9.60. The maximum atomic E-state index is 13.2. The van der Waals surface area contributed by atoms with Crippen LogP contribution >= 0.6 is 11.3 Å². The number of alkyl halides is 3. The Morgan fingerprint density at radius 1 is 0.869 bits per heavy atom. The van der Waals surface area contributed by atoms with Gasteiger partial charge in [-0.05, 0) is 109 Å². The van der Waals surface area contributed by atoms with Gasteiger partial charge in [0.1, 0.15) is 29.9 Å². The summed E-state index contributed by atoms with van der Waals surface area (Å²) in [6.07, 6.45) is -1.41. The van der Waals surface area contributed by atoms with Gasteiger partial charge in [0.05, 0.1) is 10.4 Å². The quantitative estimate of drug-likeness (QED) is 0.138. The van der Waals surface area contributed by atoms with Crippen LogP contribution in [0.15, 0.2) is 84.9 Å². The van der Waals surface area contributed by atoms with Crippen molar-refractivity contribution >= 4 is 44.8 Å². The highest BCUT2D eigenvalue weighted by Gasteiger charge is 2.53. The van der Waals surface area contributed by atoms with Crippen molar-refractivity contribution in [2.24, 2.45) is 5.41 Å². The number of ether oxygens (including phenoxy) is 2. The molecule has 5 heterocycles. The van der Waals surface area contributed by atoms with Gasteiger partial charge in [-0.3, -0.25) is 29.5 Å². The van der Waals surface area contributed by atoms with E-state index in [2.05, 4.69) is 26.1 Å². The molecule has 15 heteroatoms. The molecule has 5 aliphatic rings. The molecule has 3 saturated heterocycles. The largest absolute Gasteiger partial charge is 0.508 e. The third-order valence-electron chi connectivity index (χ3n) is 13.0. The Morgan fingerprint density at radius 3 is 2.33 bits per heavy atom. The molecule has 4 aromatic carbocycles. The summed E-state index contributed by atoms with van der Waals surface area (Å²) in [7, 11) is 0. The van der Waals surface area contributed by atoms with E-state index < -0.39 is 23.7 Å². The van der Waals surface area contributed by atoms with Crippen molar-refractivity contribution in [3.63, 3.8) is 0 Å². The van der Waals surface area contributed by atoms with E-state index in [1.54, 1.807) is 23.1 Å². The second kappa shape index (κ2) is 15.4. The molecule has 1 saturated carbocycles. The zero-order valence-electron chi connectivity index (χ0n) is 33.2. The first-order chi connectivity index (χ1) is 29.4. The SMILES string of the molecule is O=C1CCC(N2Cc3cc(N4CCN(C5CC6(C5)CN(CCOc5ccc(Oc7c(-c8ccc(C(F)(F)F)cc8)sc8cc(O)ccc78)cc5)C6)CC4)ccc3C2=O)C(=O)N1. The highest BCUT2D eigenvalue weighted by atomic mass is 32.1. The number of hydrogen-bond acceptors (Lipinski definition) is 10. The van der Waals surface area contributed by atoms with Crippen molar-refractivity contribution < 1.29 is 42.1 Å². The average molecular weight is 852 g/mol. The molecule has 1 aromatic heterocycles. The highest BCUT2D eigenvalue weighted by Crippen LogP contribution is 2.51. The van der Waals surface area contributed by atoms with Gasteiger partial charge < -0.3 is 24.4 Å². The normalized spacial score (nSPS) is 20.8. The number of benzene rings is 4. The van der Waals surface area contributed by atoms with Gasteiger partial charge >= 0.3 is 6.18 Å². The monoisotopic (exact) mass is 851 g/mol. The van der Waals surface area contributed by atoms with E-state index in [1.165, 1.54) is 36.3 Å². The fourth-order valence-electron chi connectivity index (χ4n) is 9.80. The predicted molar refractivity (Wildman–Crippen MR) is 224 cm³/mol. The Labute approximate surface area is 354 Å². The number of nitrogens with one attached hydrogen (secondary N) is 1. The minimum absolute atomic E-state index is 0.0934. The molecular weight excluding hydrogens is 808 g/mol. The molecule has 4 aliphatic heterocycles. The van der Waals surface area contributed by atoms with Gasteiger partial charge in [0, 0.05) is 86.2 Å². The summed E-state index contributed by atoms with van der Waals surface area (Å²) in [6.45, 7) is 7.77. The molecule has 0 radical (unpaired) electrons. The zero-order chi connectivity index (χ0) is 42.0. The topological polar surface area (TPSA) is 115 Å². The van der Waals surface area contributed by atoms with Gasteiger partial charge in [0.25, 0.3) is 5.91 Å². The van der Waals surface area contributed by atoms with Gasteiger partial charge in [-0.2, -0.15) is 13.2 Å². The summed E-state index contributed by atoms with van der Waals surface area (Å²) in [4.78, 5) is 46.9. The number of piperidine rings is 1. The molecule has 2 N–H and O–H groups in total. The van der Waals surface area contributed by atoms with Crippen molar-refractivity contribution in [3.05, 3.63) is 102 Å². The van der Waals surface area contributed by atoms with Crippen LogP contribution in [0.25, 0.3) is 20.5 Å². The number of phenolic OH excluding ortho intramolecular Hbond substituents is 1. The molecule has 316 valence electrons. The van der Waals surface area contributed by atoms with Crippen LogP contribution in [-0.4, -0.2) is 102 Å². The van der Waals surface area contributed by atoms with E-state index in [0.29, 0.717) is 58.5 Å². The fraction of sp³-hybridized carbons (Fsp3) is 0.370. The average Bonchev–Trinajstić information content (AvgIpc) is 3.74. The first-order valence-corrected chi connectivity index (χ1v) is 21.5. The van der Waals surface area contributed by atoms with Gasteiger partial charge in [0.2, 0.25) is 11.8 Å². The number of hydrogen-bond donors (Lipinski definition) is 2. The molecule has 10 rings (SSSR count). The third kappa shape index (κ3) is 7.67. The summed E-state index contributed by atoms with van der Waals surface area (Å²) in [5, 5.41) is 13.2. The van der Waals surface area contributed by atoms with E-state index in [9.17, 15) is 32.7 Å². The van der Waals surface area contributed by atoms with Crippen molar-refractivity contribution in [3.8, 4) is 33.4 Å². The van der Waals surface area contributed by atoms with Gasteiger partial charge in [-0.1, -0.05) is 12.1 Å². The number of carbonyl (C=O) groups excluding carboxylic acids is 3. The molecular formula is C46H44F3N5O6S. The molecule has 0 bridgehead atoms. The van der Waals surface area contributed by atoms with E-state index in [1.807, 2.05) is 36.4 Å². The van der Waals surface area contributed by atoms with Gasteiger partial charge in [-0.15, -0.1) is 11.3 Å². The van der Waals surface area contributed by atoms with Crippen molar-refractivity contribution in [1.82, 2.24) is 20.0 Å². The number of likely N-dealkylation sites (tertiary alicyclic amines) is 1. The Morgan fingerprint density at radius 2 is 1.61 bits per heavy atom. The van der Waals surface area contributed by atoms with Crippen LogP contribution in [0, 0.1) is 5.41 Å². The number of amides is 3. The van der Waals surface area contributed by atoms with Crippen molar-refractivity contribution in [1.29, 1.82) is 0 Å². The fourth-order valence-corrected chi connectivity index (χ4v) is 11.0. The minimum atomic E-state index is -4.43. The standard InChI is InChI=1S/C46H44F3N5O6S/c47-46(48,49)30-3-1-28(2-4-30)42-41(37-12-6-33(55)22-39(37)61-42)60-35-9-7-34(8-10-35)59-20-19-51-26-45(27-51)23-32(24-45)53-17-15-52(16-18-53)31-5-11-36-29(21-31)25-54(44(36)58)38-13-14-40(56)50-43(38)57/h1-12,21-22,32,38,55H,13-20,23-27H2,(H,50,56,57). The number of nitrogens with zero attached hydrogens (tertiary/aromatic N) is 4. The maximum absolute atomic E-state index is 13.2. The summed E-state index contributed by atoms with van der Waals surface area (Å²) in [6, 6.07) is 23.3. The molecule has 61 heavy (non-hydrogen) atoms. The lowest BCUT2D eigenvalue weighted by Crippen LogP contribution is -2.68.